The molecule has 0 bridgehead atoms. The van der Waals surface area contributed by atoms with Gasteiger partial charge in [-0.15, -0.1) is 11.3 Å². The Morgan fingerprint density at radius 3 is 2.68 bits per heavy atom. The summed E-state index contributed by atoms with van der Waals surface area (Å²) >= 11 is 1.78. The first-order valence-corrected chi connectivity index (χ1v) is 14.7. The van der Waals surface area contributed by atoms with Gasteiger partial charge in [-0.25, -0.2) is 0 Å². The van der Waals surface area contributed by atoms with E-state index in [9.17, 15) is 23.1 Å². The van der Waals surface area contributed by atoms with Gasteiger partial charge in [0.15, 0.2) is 6.73 Å². The highest BCUT2D eigenvalue weighted by Crippen LogP contribution is 2.33. The Morgan fingerprint density at radius 1 is 1.05 bits per heavy atom. The van der Waals surface area contributed by atoms with Crippen molar-refractivity contribution in [3.05, 3.63) is 59.5 Å². The van der Waals surface area contributed by atoms with E-state index in [0.717, 1.165) is 51.1 Å². The van der Waals surface area contributed by atoms with Crippen molar-refractivity contribution < 1.29 is 32.5 Å². The summed E-state index contributed by atoms with van der Waals surface area (Å²) in [5.74, 6) is -0.366. The summed E-state index contributed by atoms with van der Waals surface area (Å²) in [7, 11) is 0. The molecule has 7 nitrogen and oxygen atoms in total. The number of hydrogen-bond acceptors (Lipinski definition) is 8. The highest BCUT2D eigenvalue weighted by atomic mass is 32.1. The van der Waals surface area contributed by atoms with E-state index in [1.54, 1.807) is 23.5 Å². The van der Waals surface area contributed by atoms with Crippen molar-refractivity contribution in [3.8, 4) is 5.75 Å². The number of piperazine rings is 1. The number of alkyl halides is 3. The molecule has 1 atom stereocenters. The number of rotatable bonds is 11. The first kappa shape index (κ1) is 29.2. The summed E-state index contributed by atoms with van der Waals surface area (Å²) in [6.45, 7) is 5.24. The summed E-state index contributed by atoms with van der Waals surface area (Å²) in [5.41, 5.74) is 2.68. The quantitative estimate of drug-likeness (QED) is 0.222. The highest BCUT2D eigenvalue weighted by Gasteiger charge is 2.29. The van der Waals surface area contributed by atoms with E-state index in [0.29, 0.717) is 18.0 Å². The third-order valence-electron chi connectivity index (χ3n) is 7.38. The molecule has 0 aliphatic carbocycles. The molecule has 1 saturated heterocycles. The molecule has 1 unspecified atom stereocenters. The van der Waals surface area contributed by atoms with E-state index in [2.05, 4.69) is 39.4 Å². The number of anilines is 2. The van der Waals surface area contributed by atoms with E-state index in [4.69, 9.17) is 9.47 Å². The van der Waals surface area contributed by atoms with Crippen LogP contribution in [0.25, 0.3) is 16.2 Å². The minimum absolute atomic E-state index is 0.367. The molecule has 2 aromatic carbocycles. The number of nitrogens with zero attached hydrogens (tertiary/aromatic N) is 3. The predicted molar refractivity (Wildman–Crippen MR) is 155 cm³/mol. The minimum Gasteiger partial charge on any atom is -0.494 e. The number of carbonyl (C=O) groups excluding carboxylic acids is 1. The molecule has 3 aromatic rings. The number of aliphatic hydroxyl groups is 1. The molecule has 41 heavy (non-hydrogen) atoms. The van der Waals surface area contributed by atoms with E-state index < -0.39 is 31.2 Å². The number of hydrogen-bond donors (Lipinski definition) is 1. The number of halogens is 3. The Morgan fingerprint density at radius 2 is 1.88 bits per heavy atom. The van der Waals surface area contributed by atoms with Gasteiger partial charge in [0.1, 0.15) is 12.0 Å². The third-order valence-corrected chi connectivity index (χ3v) is 8.26. The van der Waals surface area contributed by atoms with E-state index >= 15 is 0 Å². The Balaban J connectivity index is 1.05. The summed E-state index contributed by atoms with van der Waals surface area (Å²) in [6, 6.07) is 14.1. The van der Waals surface area contributed by atoms with Crippen LogP contribution in [-0.4, -0.2) is 74.4 Å². The van der Waals surface area contributed by atoms with Gasteiger partial charge >= 0.3 is 12.1 Å². The lowest BCUT2D eigenvalue weighted by Gasteiger charge is -2.36. The molecular formula is C30H34F3N3O4S. The summed E-state index contributed by atoms with van der Waals surface area (Å²) in [4.78, 5) is 18.2. The van der Waals surface area contributed by atoms with Crippen LogP contribution in [0.3, 0.4) is 0 Å². The smallest absolute Gasteiger partial charge is 0.389 e. The molecule has 1 aromatic heterocycles. The molecule has 3 heterocycles. The lowest BCUT2D eigenvalue weighted by atomic mass is 10.1. The fraction of sp³-hybridized carbons (Fsp3) is 0.433. The first-order chi connectivity index (χ1) is 19.8. The normalized spacial score (nSPS) is 17.6. The van der Waals surface area contributed by atoms with Gasteiger partial charge in [0.25, 0.3) is 0 Å². The largest absolute Gasteiger partial charge is 0.494 e. The summed E-state index contributed by atoms with van der Waals surface area (Å²) in [5, 5.41) is 13.9. The predicted octanol–water partition coefficient (Wildman–Crippen LogP) is 5.88. The van der Waals surface area contributed by atoms with Gasteiger partial charge in [-0.1, -0.05) is 12.1 Å². The molecule has 5 rings (SSSR count). The van der Waals surface area contributed by atoms with Crippen molar-refractivity contribution in [1.82, 2.24) is 4.90 Å². The van der Waals surface area contributed by atoms with Crippen LogP contribution in [0.1, 0.15) is 31.2 Å². The van der Waals surface area contributed by atoms with Crippen molar-refractivity contribution in [3.63, 3.8) is 0 Å². The number of benzene rings is 2. The maximum atomic E-state index is 12.4. The summed E-state index contributed by atoms with van der Waals surface area (Å²) in [6.07, 6.45) is -2.36. The zero-order chi connectivity index (χ0) is 28.8. The summed E-state index contributed by atoms with van der Waals surface area (Å²) < 4.78 is 49.4. The van der Waals surface area contributed by atoms with Gasteiger partial charge in [-0.3, -0.25) is 9.69 Å². The topological polar surface area (TPSA) is 65.5 Å². The molecule has 220 valence electrons. The molecule has 0 spiro atoms. The molecule has 1 N–H and O–H groups in total. The second-order valence-electron chi connectivity index (χ2n) is 10.2. The fourth-order valence-corrected chi connectivity index (χ4v) is 5.94. The monoisotopic (exact) mass is 589 g/mol. The number of carbonyl (C=O) groups is 1. The van der Waals surface area contributed by atoms with Gasteiger partial charge < -0.3 is 24.4 Å². The molecule has 0 saturated carbocycles. The van der Waals surface area contributed by atoms with E-state index in [1.165, 1.54) is 26.7 Å². The molecule has 2 aliphatic rings. The van der Waals surface area contributed by atoms with Crippen LogP contribution in [0.4, 0.5) is 24.5 Å². The molecule has 0 radical (unpaired) electrons. The van der Waals surface area contributed by atoms with Gasteiger partial charge in [0, 0.05) is 48.0 Å². The number of ether oxygens (including phenoxy) is 2. The third kappa shape index (κ3) is 7.72. The Kier molecular flexibility index (Phi) is 9.36. The van der Waals surface area contributed by atoms with Crippen molar-refractivity contribution >= 4 is 44.8 Å². The van der Waals surface area contributed by atoms with Crippen molar-refractivity contribution in [2.24, 2.45) is 0 Å². The number of esters is 1. The SMILES string of the molecule is O=C(CCC(F)(F)F)OCN1c2cc(OCCCCN3CCN(c4cccc5sccc45)CC3)ccc2C=CC1O. The zero-order valence-electron chi connectivity index (χ0n) is 22.7. The molecular weight excluding hydrogens is 555 g/mol. The van der Waals surface area contributed by atoms with Gasteiger partial charge in [-0.05, 0) is 66.7 Å². The van der Waals surface area contributed by atoms with Gasteiger partial charge in [0.2, 0.25) is 0 Å². The van der Waals surface area contributed by atoms with Crippen LogP contribution in [0.15, 0.2) is 53.9 Å². The molecule has 11 heteroatoms. The van der Waals surface area contributed by atoms with E-state index in [1.807, 2.05) is 12.1 Å². The lowest BCUT2D eigenvalue weighted by Crippen LogP contribution is -2.46. The van der Waals surface area contributed by atoms with Crippen LogP contribution >= 0.6 is 11.3 Å². The molecule has 0 amide bonds. The Bertz CT molecular complexity index is 1350. The molecule has 1 fully saturated rings. The fourth-order valence-electron chi connectivity index (χ4n) is 5.14. The van der Waals surface area contributed by atoms with Crippen molar-refractivity contribution in [2.75, 3.05) is 55.9 Å². The Hall–Kier alpha value is -3.28. The standard InChI is InChI=1S/C30H34F3N3O4S/c31-30(32,33)12-10-29(38)40-21-36-26-20-23(8-6-22(26)7-9-28(36)37)39-18-2-1-13-34-14-16-35(17-15-34)25-4-3-5-27-24(25)11-19-41-27/h3-9,11,19-20,28,37H,1-2,10,12-18,21H2. The lowest BCUT2D eigenvalue weighted by molar-refractivity contribution is -0.157. The average molecular weight is 590 g/mol. The Labute approximate surface area is 241 Å². The maximum Gasteiger partial charge on any atom is 0.389 e. The van der Waals surface area contributed by atoms with Crippen LogP contribution in [0, 0.1) is 0 Å². The zero-order valence-corrected chi connectivity index (χ0v) is 23.5. The first-order valence-electron chi connectivity index (χ1n) is 13.8. The molecule has 2 aliphatic heterocycles. The van der Waals surface area contributed by atoms with E-state index in [-0.39, 0.29) is 6.73 Å². The van der Waals surface area contributed by atoms with Crippen molar-refractivity contribution in [2.45, 2.75) is 38.1 Å². The van der Waals surface area contributed by atoms with Crippen molar-refractivity contribution in [1.29, 1.82) is 0 Å². The van der Waals surface area contributed by atoms with Gasteiger partial charge in [0.05, 0.1) is 25.1 Å². The minimum atomic E-state index is -4.43. The average Bonchev–Trinajstić information content (AvgIpc) is 3.45. The van der Waals surface area contributed by atoms with Gasteiger partial charge in [-0.2, -0.15) is 13.2 Å². The van der Waals surface area contributed by atoms with Crippen LogP contribution in [0.5, 0.6) is 5.75 Å². The number of unbranched alkanes of at least 4 members (excludes halogenated alkanes) is 1. The number of fused-ring (bicyclic) bond motifs is 2. The second kappa shape index (κ2) is 13.1. The maximum absolute atomic E-state index is 12.4. The number of thiophene rings is 1. The van der Waals surface area contributed by atoms with Crippen LogP contribution < -0.4 is 14.5 Å². The second-order valence-corrected chi connectivity index (χ2v) is 11.2. The highest BCUT2D eigenvalue weighted by molar-refractivity contribution is 7.17. The van der Waals surface area contributed by atoms with Crippen LogP contribution in [0.2, 0.25) is 0 Å². The van der Waals surface area contributed by atoms with Crippen LogP contribution in [-0.2, 0) is 9.53 Å². The number of aliphatic hydroxyl groups excluding tert-OH is 1.